The lowest BCUT2D eigenvalue weighted by Gasteiger charge is -2.01. The van der Waals surface area contributed by atoms with Crippen LogP contribution in [0.5, 0.6) is 0 Å². The van der Waals surface area contributed by atoms with E-state index in [0.717, 1.165) is 25.1 Å². The van der Waals surface area contributed by atoms with E-state index in [4.69, 9.17) is 5.73 Å². The highest BCUT2D eigenvalue weighted by Crippen LogP contribution is 2.01. The normalized spacial score (nSPS) is 13.2. The second-order valence-electron chi connectivity index (χ2n) is 3.22. The minimum absolute atomic E-state index is 0.264. The van der Waals surface area contributed by atoms with Gasteiger partial charge in [-0.1, -0.05) is 6.92 Å². The van der Waals surface area contributed by atoms with Gasteiger partial charge in [0.25, 0.3) is 0 Å². The van der Waals surface area contributed by atoms with Gasteiger partial charge < -0.3 is 10.7 Å². The molecule has 0 aliphatic carbocycles. The third-order valence-electron chi connectivity index (χ3n) is 1.90. The highest BCUT2D eigenvalue weighted by molar-refractivity contribution is 5.00. The molecule has 3 N–H and O–H groups in total. The Morgan fingerprint density at radius 3 is 2.92 bits per heavy atom. The zero-order valence-electron chi connectivity index (χ0n) is 7.80. The molecule has 68 valence electrons. The minimum atomic E-state index is 0.264. The molecule has 12 heavy (non-hydrogen) atoms. The van der Waals surface area contributed by atoms with E-state index in [1.807, 2.05) is 13.1 Å². The summed E-state index contributed by atoms with van der Waals surface area (Å²) in [4.78, 5) is 7.50. The van der Waals surface area contributed by atoms with Crippen LogP contribution in [0.1, 0.15) is 31.8 Å². The van der Waals surface area contributed by atoms with Crippen LogP contribution in [0.4, 0.5) is 0 Å². The highest BCUT2D eigenvalue weighted by Gasteiger charge is 2.00. The number of H-pyrrole nitrogens is 1. The van der Waals surface area contributed by atoms with E-state index < -0.39 is 0 Å². The van der Waals surface area contributed by atoms with Gasteiger partial charge in [-0.25, -0.2) is 4.98 Å². The fraction of sp³-hybridized carbons (Fsp3) is 0.667. The van der Waals surface area contributed by atoms with Gasteiger partial charge in [-0.2, -0.15) is 0 Å². The number of aromatic nitrogens is 2. The maximum atomic E-state index is 5.64. The predicted molar refractivity (Wildman–Crippen MR) is 49.9 cm³/mol. The van der Waals surface area contributed by atoms with Gasteiger partial charge in [0.05, 0.1) is 0 Å². The molecule has 3 heteroatoms. The molecule has 0 radical (unpaired) electrons. The molecule has 0 bridgehead atoms. The molecule has 0 amide bonds. The topological polar surface area (TPSA) is 54.7 Å². The summed E-state index contributed by atoms with van der Waals surface area (Å²) in [6, 6.07) is 0.264. The fourth-order valence-corrected chi connectivity index (χ4v) is 1.08. The quantitative estimate of drug-likeness (QED) is 0.709. The summed E-state index contributed by atoms with van der Waals surface area (Å²) in [7, 11) is 0. The Balaban J connectivity index is 2.41. The van der Waals surface area contributed by atoms with Gasteiger partial charge in [-0.3, -0.25) is 0 Å². The van der Waals surface area contributed by atoms with E-state index in [0.29, 0.717) is 0 Å². The van der Waals surface area contributed by atoms with Crippen molar-refractivity contribution < 1.29 is 0 Å². The van der Waals surface area contributed by atoms with Crippen molar-refractivity contribution in [3.8, 4) is 0 Å². The number of nitrogens with two attached hydrogens (primary N) is 1. The van der Waals surface area contributed by atoms with Crippen molar-refractivity contribution in [2.24, 2.45) is 5.73 Å². The average Bonchev–Trinajstić information content (AvgIpc) is 2.48. The molecule has 0 fully saturated rings. The maximum absolute atomic E-state index is 5.64. The van der Waals surface area contributed by atoms with Gasteiger partial charge in [-0.15, -0.1) is 0 Å². The highest BCUT2D eigenvalue weighted by atomic mass is 14.9. The van der Waals surface area contributed by atoms with E-state index in [9.17, 15) is 0 Å². The fourth-order valence-electron chi connectivity index (χ4n) is 1.08. The van der Waals surface area contributed by atoms with Crippen LogP contribution >= 0.6 is 0 Å². The van der Waals surface area contributed by atoms with Gasteiger partial charge in [0.1, 0.15) is 5.82 Å². The molecule has 0 spiro atoms. The molecule has 0 saturated heterocycles. The molecule has 1 atom stereocenters. The first kappa shape index (κ1) is 9.26. The molecule has 0 aliphatic heterocycles. The van der Waals surface area contributed by atoms with Crippen LogP contribution in [-0.4, -0.2) is 16.0 Å². The molecule has 1 rings (SSSR count). The van der Waals surface area contributed by atoms with Crippen LogP contribution in [-0.2, 0) is 12.8 Å². The summed E-state index contributed by atoms with van der Waals surface area (Å²) in [5.74, 6) is 1.06. The van der Waals surface area contributed by atoms with Gasteiger partial charge in [0, 0.05) is 24.4 Å². The van der Waals surface area contributed by atoms with Gasteiger partial charge in [0.15, 0.2) is 0 Å². The van der Waals surface area contributed by atoms with Gasteiger partial charge in [0.2, 0.25) is 0 Å². The van der Waals surface area contributed by atoms with E-state index >= 15 is 0 Å². The Hall–Kier alpha value is -0.830. The first-order valence-electron chi connectivity index (χ1n) is 4.50. The maximum Gasteiger partial charge on any atom is 0.106 e. The molecule has 1 unspecified atom stereocenters. The summed E-state index contributed by atoms with van der Waals surface area (Å²) in [5.41, 5.74) is 6.84. The number of nitrogens with zero attached hydrogens (tertiary/aromatic N) is 1. The second kappa shape index (κ2) is 4.26. The zero-order valence-corrected chi connectivity index (χ0v) is 7.80. The lowest BCUT2D eigenvalue weighted by Crippen LogP contribution is -2.15. The Bertz CT molecular complexity index is 227. The summed E-state index contributed by atoms with van der Waals surface area (Å²) in [6.45, 7) is 4.13. The third-order valence-corrected chi connectivity index (χ3v) is 1.90. The lowest BCUT2D eigenvalue weighted by atomic mass is 10.2. The SMILES string of the molecule is CCc1cnc(CCC(C)N)[nH]1. The van der Waals surface area contributed by atoms with Crippen LogP contribution in [0.25, 0.3) is 0 Å². The Labute approximate surface area is 73.4 Å². The van der Waals surface area contributed by atoms with Crippen molar-refractivity contribution in [1.29, 1.82) is 0 Å². The first-order chi connectivity index (χ1) is 5.72. The number of aryl methyl sites for hydroxylation is 2. The smallest absolute Gasteiger partial charge is 0.106 e. The molecule has 1 heterocycles. The summed E-state index contributed by atoms with van der Waals surface area (Å²) in [5, 5.41) is 0. The Morgan fingerprint density at radius 1 is 1.67 bits per heavy atom. The number of hydrogen-bond acceptors (Lipinski definition) is 2. The monoisotopic (exact) mass is 167 g/mol. The molecule has 0 aromatic carbocycles. The standard InChI is InChI=1S/C9H17N3/c1-3-8-6-11-9(12-8)5-4-7(2)10/h6-7H,3-5,10H2,1-2H3,(H,11,12). The van der Waals surface area contributed by atoms with Crippen LogP contribution in [0, 0.1) is 0 Å². The van der Waals surface area contributed by atoms with Crippen molar-refractivity contribution >= 4 is 0 Å². The number of nitrogens with one attached hydrogen (secondary N) is 1. The second-order valence-corrected chi connectivity index (χ2v) is 3.22. The van der Waals surface area contributed by atoms with Crippen molar-refractivity contribution in [3.63, 3.8) is 0 Å². The summed E-state index contributed by atoms with van der Waals surface area (Å²) in [6.07, 6.45) is 4.87. The zero-order chi connectivity index (χ0) is 8.97. The Morgan fingerprint density at radius 2 is 2.42 bits per heavy atom. The van der Waals surface area contributed by atoms with Crippen molar-refractivity contribution in [1.82, 2.24) is 9.97 Å². The molecule has 0 saturated carbocycles. The average molecular weight is 167 g/mol. The van der Waals surface area contributed by atoms with E-state index in [2.05, 4.69) is 16.9 Å². The minimum Gasteiger partial charge on any atom is -0.346 e. The molecular weight excluding hydrogens is 150 g/mol. The van der Waals surface area contributed by atoms with Crippen LogP contribution < -0.4 is 5.73 Å². The molecule has 1 aromatic rings. The third kappa shape index (κ3) is 2.66. The van der Waals surface area contributed by atoms with Crippen molar-refractivity contribution in [2.75, 3.05) is 0 Å². The molecule has 0 aliphatic rings. The number of aromatic amines is 1. The lowest BCUT2D eigenvalue weighted by molar-refractivity contribution is 0.651. The van der Waals surface area contributed by atoms with Crippen LogP contribution in [0.3, 0.4) is 0 Å². The number of rotatable bonds is 4. The van der Waals surface area contributed by atoms with Crippen molar-refractivity contribution in [3.05, 3.63) is 17.7 Å². The van der Waals surface area contributed by atoms with E-state index in [1.165, 1.54) is 5.69 Å². The van der Waals surface area contributed by atoms with Crippen molar-refractivity contribution in [2.45, 2.75) is 39.2 Å². The molecule has 1 aromatic heterocycles. The first-order valence-corrected chi connectivity index (χ1v) is 4.50. The number of hydrogen-bond donors (Lipinski definition) is 2. The summed E-state index contributed by atoms with van der Waals surface area (Å²) >= 11 is 0. The number of imidazole rings is 1. The van der Waals surface area contributed by atoms with Crippen LogP contribution in [0.15, 0.2) is 6.20 Å². The van der Waals surface area contributed by atoms with E-state index in [-0.39, 0.29) is 6.04 Å². The molecular formula is C9H17N3. The summed E-state index contributed by atoms with van der Waals surface area (Å²) < 4.78 is 0. The van der Waals surface area contributed by atoms with Gasteiger partial charge in [-0.05, 0) is 19.8 Å². The largest absolute Gasteiger partial charge is 0.346 e. The van der Waals surface area contributed by atoms with E-state index in [1.54, 1.807) is 0 Å². The van der Waals surface area contributed by atoms with Crippen LogP contribution in [0.2, 0.25) is 0 Å². The predicted octanol–water partition coefficient (Wildman–Crippen LogP) is 1.25. The van der Waals surface area contributed by atoms with Gasteiger partial charge >= 0.3 is 0 Å². The molecule has 3 nitrogen and oxygen atoms in total. The Kier molecular flexibility index (Phi) is 3.29.